The zero-order chi connectivity index (χ0) is 12.3. The molecule has 0 amide bonds. The Bertz CT molecular complexity index is 471. The first-order valence-corrected chi connectivity index (χ1v) is 5.65. The molecule has 0 atom stereocenters. The van der Waals surface area contributed by atoms with Gasteiger partial charge in [0, 0.05) is 18.8 Å². The van der Waals surface area contributed by atoms with Crippen LogP contribution in [0.1, 0.15) is 13.8 Å². The number of aromatic nitrogens is 4. The summed E-state index contributed by atoms with van der Waals surface area (Å²) < 4.78 is 1.51. The molecule has 0 unspecified atom stereocenters. The molecule has 0 aliphatic carbocycles. The number of tetrazole rings is 1. The molecule has 1 aromatic heterocycles. The Morgan fingerprint density at radius 2 is 1.82 bits per heavy atom. The highest BCUT2D eigenvalue weighted by molar-refractivity contribution is 5.51. The second-order valence-corrected chi connectivity index (χ2v) is 3.64. The Hall–Kier alpha value is -2.11. The van der Waals surface area contributed by atoms with Crippen LogP contribution in [0, 0.1) is 0 Å². The number of nitrogen functional groups attached to an aromatic ring is 1. The van der Waals surface area contributed by atoms with Gasteiger partial charge in [0.05, 0.1) is 5.69 Å². The molecule has 2 rings (SSSR count). The lowest BCUT2D eigenvalue weighted by Gasteiger charge is -2.21. The van der Waals surface area contributed by atoms with Gasteiger partial charge in [0.2, 0.25) is 5.95 Å². The average molecular weight is 232 g/mol. The summed E-state index contributed by atoms with van der Waals surface area (Å²) in [5.74, 6) is 0.292. The summed E-state index contributed by atoms with van der Waals surface area (Å²) in [4.78, 5) is 2.27. The molecular formula is C11H16N6. The van der Waals surface area contributed by atoms with Gasteiger partial charge in [-0.05, 0) is 48.5 Å². The van der Waals surface area contributed by atoms with E-state index in [1.165, 1.54) is 10.4 Å². The van der Waals surface area contributed by atoms with Crippen LogP contribution in [0.3, 0.4) is 0 Å². The third-order valence-corrected chi connectivity index (χ3v) is 2.72. The van der Waals surface area contributed by atoms with Crippen molar-refractivity contribution in [2.75, 3.05) is 23.7 Å². The molecule has 0 saturated heterocycles. The Morgan fingerprint density at radius 1 is 1.18 bits per heavy atom. The van der Waals surface area contributed by atoms with E-state index in [0.717, 1.165) is 18.8 Å². The van der Waals surface area contributed by atoms with Crippen molar-refractivity contribution in [2.24, 2.45) is 0 Å². The van der Waals surface area contributed by atoms with Gasteiger partial charge in [-0.15, -0.1) is 0 Å². The first-order valence-electron chi connectivity index (χ1n) is 5.65. The molecule has 6 heteroatoms. The smallest absolute Gasteiger partial charge is 0.245 e. The third-order valence-electron chi connectivity index (χ3n) is 2.72. The van der Waals surface area contributed by atoms with E-state index < -0.39 is 0 Å². The summed E-state index contributed by atoms with van der Waals surface area (Å²) in [6.45, 7) is 6.25. The van der Waals surface area contributed by atoms with E-state index in [9.17, 15) is 0 Å². The molecule has 0 spiro atoms. The molecule has 1 aromatic carbocycles. The molecule has 90 valence electrons. The maximum Gasteiger partial charge on any atom is 0.245 e. The second kappa shape index (κ2) is 4.82. The van der Waals surface area contributed by atoms with E-state index >= 15 is 0 Å². The molecule has 0 bridgehead atoms. The lowest BCUT2D eigenvalue weighted by molar-refractivity contribution is 0.791. The van der Waals surface area contributed by atoms with Crippen molar-refractivity contribution in [2.45, 2.75) is 13.8 Å². The number of rotatable bonds is 4. The lowest BCUT2D eigenvalue weighted by atomic mass is 10.2. The molecule has 0 radical (unpaired) electrons. The van der Waals surface area contributed by atoms with Crippen LogP contribution < -0.4 is 10.6 Å². The summed E-state index contributed by atoms with van der Waals surface area (Å²) in [5.41, 5.74) is 7.69. The van der Waals surface area contributed by atoms with Crippen LogP contribution in [0.5, 0.6) is 0 Å². The summed E-state index contributed by atoms with van der Waals surface area (Å²) in [5, 5.41) is 11.0. The molecule has 0 aliphatic heterocycles. The molecule has 1 heterocycles. The Labute approximate surface area is 100 Å². The molecule has 0 aliphatic rings. The molecule has 2 N–H and O–H groups in total. The van der Waals surface area contributed by atoms with Crippen molar-refractivity contribution in [1.29, 1.82) is 0 Å². The number of benzene rings is 1. The van der Waals surface area contributed by atoms with Crippen LogP contribution in [0.4, 0.5) is 11.6 Å². The summed E-state index contributed by atoms with van der Waals surface area (Å²) in [6.07, 6.45) is 0. The van der Waals surface area contributed by atoms with Crippen molar-refractivity contribution in [3.05, 3.63) is 24.3 Å². The summed E-state index contributed by atoms with van der Waals surface area (Å²) in [7, 11) is 0. The fourth-order valence-corrected chi connectivity index (χ4v) is 1.77. The largest absolute Gasteiger partial charge is 0.372 e. The summed E-state index contributed by atoms with van der Waals surface area (Å²) >= 11 is 0. The number of nitrogens with two attached hydrogens (primary N) is 1. The quantitative estimate of drug-likeness (QED) is 0.854. The van der Waals surface area contributed by atoms with Crippen LogP contribution in [-0.2, 0) is 0 Å². The van der Waals surface area contributed by atoms with Gasteiger partial charge >= 0.3 is 0 Å². The van der Waals surface area contributed by atoms with E-state index in [1.807, 2.05) is 24.3 Å². The molecule has 6 nitrogen and oxygen atoms in total. The van der Waals surface area contributed by atoms with E-state index in [1.54, 1.807) is 0 Å². The minimum Gasteiger partial charge on any atom is -0.372 e. The molecule has 2 aromatic rings. The SMILES string of the molecule is CCN(CC)c1ccc(-n2nnnc2N)cc1. The molecule has 17 heavy (non-hydrogen) atoms. The van der Waals surface area contributed by atoms with Gasteiger partial charge in [-0.2, -0.15) is 4.68 Å². The maximum absolute atomic E-state index is 5.64. The van der Waals surface area contributed by atoms with Crippen LogP contribution in [0.15, 0.2) is 24.3 Å². The van der Waals surface area contributed by atoms with Crippen LogP contribution in [0.2, 0.25) is 0 Å². The van der Waals surface area contributed by atoms with Gasteiger partial charge in [-0.1, -0.05) is 5.10 Å². The number of hydrogen-bond acceptors (Lipinski definition) is 5. The topological polar surface area (TPSA) is 72.9 Å². The third kappa shape index (κ3) is 2.20. The standard InChI is InChI=1S/C11H16N6/c1-3-16(4-2)9-5-7-10(8-6-9)17-11(12)13-14-15-17/h5-8H,3-4H2,1-2H3,(H2,12,13,15). The highest BCUT2D eigenvalue weighted by atomic mass is 15.6. The Morgan fingerprint density at radius 3 is 2.29 bits per heavy atom. The highest BCUT2D eigenvalue weighted by Crippen LogP contribution is 2.17. The van der Waals surface area contributed by atoms with Crippen LogP contribution >= 0.6 is 0 Å². The van der Waals surface area contributed by atoms with Gasteiger partial charge in [-0.25, -0.2) is 0 Å². The van der Waals surface area contributed by atoms with Crippen LogP contribution in [0.25, 0.3) is 5.69 Å². The Balaban J connectivity index is 2.27. The van der Waals surface area contributed by atoms with Gasteiger partial charge in [0.25, 0.3) is 0 Å². The first-order chi connectivity index (χ1) is 8.26. The van der Waals surface area contributed by atoms with E-state index in [2.05, 4.69) is 34.3 Å². The second-order valence-electron chi connectivity index (χ2n) is 3.64. The number of anilines is 2. The van der Waals surface area contributed by atoms with Crippen molar-refractivity contribution in [1.82, 2.24) is 20.2 Å². The predicted molar refractivity (Wildman–Crippen MR) is 67.1 cm³/mol. The maximum atomic E-state index is 5.64. The lowest BCUT2D eigenvalue weighted by Crippen LogP contribution is -2.21. The van der Waals surface area contributed by atoms with Crippen molar-refractivity contribution in [3.63, 3.8) is 0 Å². The normalized spacial score (nSPS) is 10.5. The van der Waals surface area contributed by atoms with Gasteiger partial charge in [0.1, 0.15) is 0 Å². The minimum absolute atomic E-state index is 0.292. The zero-order valence-corrected chi connectivity index (χ0v) is 10.0. The average Bonchev–Trinajstić information content (AvgIpc) is 2.78. The van der Waals surface area contributed by atoms with E-state index in [4.69, 9.17) is 5.73 Å². The fraction of sp³-hybridized carbons (Fsp3) is 0.364. The van der Waals surface area contributed by atoms with Crippen molar-refractivity contribution < 1.29 is 0 Å². The van der Waals surface area contributed by atoms with Crippen LogP contribution in [-0.4, -0.2) is 33.3 Å². The Kier molecular flexibility index (Phi) is 3.22. The molecule has 0 fully saturated rings. The molecule has 0 saturated carbocycles. The minimum atomic E-state index is 0.292. The predicted octanol–water partition coefficient (Wildman–Crippen LogP) is 1.09. The summed E-state index contributed by atoms with van der Waals surface area (Å²) in [6, 6.07) is 8.01. The van der Waals surface area contributed by atoms with E-state index in [0.29, 0.717) is 5.95 Å². The zero-order valence-electron chi connectivity index (χ0n) is 10.0. The van der Waals surface area contributed by atoms with Gasteiger partial charge < -0.3 is 10.6 Å². The number of nitrogens with zero attached hydrogens (tertiary/aromatic N) is 5. The molecular weight excluding hydrogens is 216 g/mol. The van der Waals surface area contributed by atoms with E-state index in [-0.39, 0.29) is 0 Å². The van der Waals surface area contributed by atoms with Gasteiger partial charge in [-0.3, -0.25) is 0 Å². The first kappa shape index (κ1) is 11.4. The van der Waals surface area contributed by atoms with Crippen molar-refractivity contribution in [3.8, 4) is 5.69 Å². The monoisotopic (exact) mass is 232 g/mol. The van der Waals surface area contributed by atoms with Crippen molar-refractivity contribution >= 4 is 11.6 Å². The fourth-order valence-electron chi connectivity index (χ4n) is 1.77. The van der Waals surface area contributed by atoms with Gasteiger partial charge in [0.15, 0.2) is 0 Å². The number of hydrogen-bond donors (Lipinski definition) is 1. The highest BCUT2D eigenvalue weighted by Gasteiger charge is 2.05.